The molecule has 348 valence electrons. The number of carbonyl (C=O) groups excluding carboxylic acids is 5. The van der Waals surface area contributed by atoms with Gasteiger partial charge in [-0.15, -0.1) is 5.10 Å². The van der Waals surface area contributed by atoms with Crippen molar-refractivity contribution in [1.82, 2.24) is 40.0 Å². The van der Waals surface area contributed by atoms with Gasteiger partial charge < -0.3 is 30.1 Å². The van der Waals surface area contributed by atoms with Crippen LogP contribution in [0.4, 0.5) is 40.8 Å². The maximum atomic E-state index is 16.1. The van der Waals surface area contributed by atoms with Crippen molar-refractivity contribution in [3.05, 3.63) is 93.6 Å². The Balaban J connectivity index is 0.821. The Kier molecular flexibility index (Phi) is 10.9. The number of aromatic nitrogens is 4. The van der Waals surface area contributed by atoms with Gasteiger partial charge >= 0.3 is 6.03 Å². The number of nitrogens with zero attached hydrogens (tertiary/aromatic N) is 8. The first-order chi connectivity index (χ1) is 32.1. The zero-order valence-corrected chi connectivity index (χ0v) is 37.4. The number of likely N-dealkylation sites (tertiary alicyclic amines) is 2. The summed E-state index contributed by atoms with van der Waals surface area (Å²) in [5.41, 5.74) is 2.48. The number of methoxy groups -OCH3 is 1. The number of rotatable bonds is 9. The molecule has 1 aliphatic carbocycles. The van der Waals surface area contributed by atoms with Crippen LogP contribution in [0.2, 0.25) is 5.02 Å². The Bertz CT molecular complexity index is 2920. The Hall–Kier alpha value is -6.80. The highest BCUT2D eigenvalue weighted by Gasteiger charge is 2.64. The average Bonchev–Trinajstić information content (AvgIpc) is 3.92. The number of imidazole rings is 1. The second-order valence-corrected chi connectivity index (χ2v) is 18.1. The highest BCUT2D eigenvalue weighted by Crippen LogP contribution is 2.51. The zero-order chi connectivity index (χ0) is 47.1. The summed E-state index contributed by atoms with van der Waals surface area (Å²) < 4.78 is 55.2. The minimum atomic E-state index is -3.38. The summed E-state index contributed by atoms with van der Waals surface area (Å²) in [7, 11) is 3.37. The van der Waals surface area contributed by atoms with Crippen molar-refractivity contribution in [2.45, 2.75) is 57.1 Å². The number of benzene rings is 2. The van der Waals surface area contributed by atoms with Crippen LogP contribution in [0, 0.1) is 18.2 Å². The molecule has 7 heterocycles. The molecule has 17 nitrogen and oxygen atoms in total. The van der Waals surface area contributed by atoms with Crippen LogP contribution < -0.4 is 25.8 Å². The molecule has 3 saturated heterocycles. The summed E-state index contributed by atoms with van der Waals surface area (Å²) in [6.45, 7) is 0.636. The molecule has 5 aliphatic rings. The maximum absolute atomic E-state index is 16.1. The van der Waals surface area contributed by atoms with E-state index in [-0.39, 0.29) is 90.3 Å². The Labute approximate surface area is 386 Å². The van der Waals surface area contributed by atoms with Gasteiger partial charge in [0.05, 0.1) is 52.3 Å². The third-order valence-electron chi connectivity index (χ3n) is 13.8. The topological polar surface area (TPSA) is 187 Å². The minimum absolute atomic E-state index is 0.0189. The van der Waals surface area contributed by atoms with E-state index in [1.807, 2.05) is 17.0 Å². The Morgan fingerprint density at radius 1 is 0.910 bits per heavy atom. The van der Waals surface area contributed by atoms with Crippen LogP contribution in [0.5, 0.6) is 0 Å². The summed E-state index contributed by atoms with van der Waals surface area (Å²) >= 11 is 6.49. The van der Waals surface area contributed by atoms with Crippen molar-refractivity contribution in [3.8, 4) is 11.3 Å². The summed E-state index contributed by atoms with van der Waals surface area (Å²) in [6.07, 6.45) is 4.79. The van der Waals surface area contributed by atoms with Gasteiger partial charge in [0.15, 0.2) is 17.2 Å². The fourth-order valence-electron chi connectivity index (χ4n) is 9.87. The lowest BCUT2D eigenvalue weighted by Crippen LogP contribution is -2.71. The summed E-state index contributed by atoms with van der Waals surface area (Å²) in [5, 5.41) is 13.4. The number of urea groups is 1. The first kappa shape index (κ1) is 44.1. The number of piperidine rings is 1. The van der Waals surface area contributed by atoms with Crippen molar-refractivity contribution < 1.29 is 41.9 Å². The van der Waals surface area contributed by atoms with E-state index >= 15 is 13.2 Å². The van der Waals surface area contributed by atoms with Crippen LogP contribution in [-0.2, 0) is 16.0 Å². The normalized spacial score (nSPS) is 20.6. The second-order valence-electron chi connectivity index (χ2n) is 17.7. The molecule has 1 saturated carbocycles. The van der Waals surface area contributed by atoms with Gasteiger partial charge in [-0.1, -0.05) is 23.7 Å². The van der Waals surface area contributed by atoms with E-state index in [1.165, 1.54) is 38.8 Å². The van der Waals surface area contributed by atoms with Crippen LogP contribution in [0.25, 0.3) is 16.9 Å². The maximum Gasteiger partial charge on any atom is 0.328 e. The molecule has 2 atom stereocenters. The number of hydrogen-bond donors (Lipinski definition) is 3. The highest BCUT2D eigenvalue weighted by molar-refractivity contribution is 6.35. The molecule has 5 aromatic rings. The predicted octanol–water partition coefficient (Wildman–Crippen LogP) is 5.61. The molecule has 4 aliphatic heterocycles. The smallest absolute Gasteiger partial charge is 0.328 e. The number of pyridine rings is 1. The van der Waals surface area contributed by atoms with E-state index in [2.05, 4.69) is 25.9 Å². The molecule has 21 heteroatoms. The Morgan fingerprint density at radius 2 is 1.69 bits per heavy atom. The van der Waals surface area contributed by atoms with Gasteiger partial charge in [0.2, 0.25) is 5.91 Å². The third-order valence-corrected chi connectivity index (χ3v) is 14.3. The number of aryl methyl sites for hydroxylation is 1. The predicted molar refractivity (Wildman–Crippen MR) is 240 cm³/mol. The van der Waals surface area contributed by atoms with Crippen LogP contribution >= 0.6 is 11.6 Å². The first-order valence-corrected chi connectivity index (χ1v) is 22.3. The largest absolute Gasteiger partial charge is 0.385 e. The first-order valence-electron chi connectivity index (χ1n) is 21.9. The lowest BCUT2D eigenvalue weighted by atomic mass is 9.69. The average molecular weight is 940 g/mol. The quantitative estimate of drug-likeness (QED) is 0.167. The van der Waals surface area contributed by atoms with Gasteiger partial charge in [-0.05, 0) is 68.0 Å². The van der Waals surface area contributed by atoms with E-state index in [9.17, 15) is 24.0 Å². The lowest BCUT2D eigenvalue weighted by Gasteiger charge is -2.57. The van der Waals surface area contributed by atoms with Gasteiger partial charge in [0, 0.05) is 82.4 Å². The van der Waals surface area contributed by atoms with Gasteiger partial charge in [-0.25, -0.2) is 27.5 Å². The lowest BCUT2D eigenvalue weighted by molar-refractivity contribution is -0.208. The molecular formula is C46H45ClF3N11O6. The van der Waals surface area contributed by atoms with E-state index < -0.39 is 47.5 Å². The van der Waals surface area contributed by atoms with Crippen molar-refractivity contribution in [2.24, 2.45) is 5.41 Å². The molecule has 3 aromatic heterocycles. The van der Waals surface area contributed by atoms with Crippen LogP contribution in [0.3, 0.4) is 0 Å². The second kappa shape index (κ2) is 16.5. The fraction of sp³-hybridized carbons (Fsp3) is 0.391. The van der Waals surface area contributed by atoms with Crippen molar-refractivity contribution in [3.63, 3.8) is 0 Å². The zero-order valence-electron chi connectivity index (χ0n) is 36.7. The van der Waals surface area contributed by atoms with Crippen LogP contribution in [0.1, 0.15) is 68.0 Å². The standard InChI is InChI=1S/C46H45ClF3N11O6/c1-24-15-25(17-33(38(24)47)60-13-10-37(62)55-44(60)66)42(64)57-14-11-45(46(49,50)23-57)21-58(22-45)43(65)26-16-29(48)39(52-19-26)28-5-4-6-32-27(28)9-12-59(32)36-18-31(51-2)40-53-20-34(61(40)56-36)41(63)54-30-7-8-35(30)67-3/h4-6,15-20,30,35,51H,7-14,21-23H2,1-3H3,(H,54,63)(H,55,62,66)/t30-,35-/m1/s1. The minimum Gasteiger partial charge on any atom is -0.385 e. The molecule has 6 amide bonds. The molecule has 10 rings (SSSR count). The molecule has 1 spiro atoms. The van der Waals surface area contributed by atoms with Gasteiger partial charge in [0.1, 0.15) is 11.5 Å². The third kappa shape index (κ3) is 7.36. The number of ether oxygens (including phenoxy) is 1. The number of halogens is 4. The molecular weight excluding hydrogens is 895 g/mol. The van der Waals surface area contributed by atoms with Gasteiger partial charge in [0.25, 0.3) is 23.6 Å². The molecule has 3 N–H and O–H groups in total. The Morgan fingerprint density at radius 3 is 2.39 bits per heavy atom. The summed E-state index contributed by atoms with van der Waals surface area (Å²) in [4.78, 5) is 79.4. The summed E-state index contributed by atoms with van der Waals surface area (Å²) in [6, 6.07) is 10.4. The van der Waals surface area contributed by atoms with E-state index in [1.54, 1.807) is 33.2 Å². The molecule has 0 bridgehead atoms. The monoisotopic (exact) mass is 939 g/mol. The molecule has 0 radical (unpaired) electrons. The van der Waals surface area contributed by atoms with E-state index in [0.717, 1.165) is 35.1 Å². The molecule has 4 fully saturated rings. The number of carbonyl (C=O) groups is 5. The van der Waals surface area contributed by atoms with Crippen molar-refractivity contribution >= 4 is 69.8 Å². The van der Waals surface area contributed by atoms with Gasteiger partial charge in [-0.2, -0.15) is 0 Å². The number of amides is 6. The van der Waals surface area contributed by atoms with E-state index in [4.69, 9.17) is 21.4 Å². The summed E-state index contributed by atoms with van der Waals surface area (Å²) in [5.74, 6) is -5.70. The fourth-order valence-corrected chi connectivity index (χ4v) is 10.1. The molecule has 67 heavy (non-hydrogen) atoms. The van der Waals surface area contributed by atoms with E-state index in [0.29, 0.717) is 41.2 Å². The number of fused-ring (bicyclic) bond motifs is 2. The van der Waals surface area contributed by atoms with Crippen LogP contribution in [-0.4, -0.2) is 131 Å². The van der Waals surface area contributed by atoms with Crippen molar-refractivity contribution in [1.29, 1.82) is 0 Å². The molecule has 2 aromatic carbocycles. The number of anilines is 4. The number of alkyl halides is 2. The number of imide groups is 1. The van der Waals surface area contributed by atoms with Gasteiger partial charge in [-0.3, -0.25) is 34.4 Å². The molecule has 0 unspecified atom stereocenters. The van der Waals surface area contributed by atoms with Crippen molar-refractivity contribution in [2.75, 3.05) is 68.5 Å². The van der Waals surface area contributed by atoms with Crippen LogP contribution in [0.15, 0.2) is 54.9 Å². The number of hydrogen-bond acceptors (Lipinski definition) is 11. The number of nitrogens with one attached hydrogen (secondary N) is 3. The SMILES string of the molecule is CNc1cc(N2CCc3c(-c4ncc(C(=O)N5CC6(CCN(C(=O)c7cc(C)c(Cl)c(N8CCC(=O)NC8=O)c7)CC6(F)F)C5)cc4F)cccc32)nn2c(C(=O)N[C@@H]3CC[C@H]3OC)cnc12. The highest BCUT2D eigenvalue weighted by atomic mass is 35.5.